The molecule has 1 aromatic heterocycles. The number of hydrogen-bond acceptors (Lipinski definition) is 3. The lowest BCUT2D eigenvalue weighted by atomic mass is 10.1. The molecule has 0 aliphatic carbocycles. The number of amides is 1. The summed E-state index contributed by atoms with van der Waals surface area (Å²) < 4.78 is 5.09. The zero-order chi connectivity index (χ0) is 12.4. The fourth-order valence-corrected chi connectivity index (χ4v) is 1.55. The van der Waals surface area contributed by atoms with Gasteiger partial charge in [-0.3, -0.25) is 4.79 Å². The molecular formula is C13H14N2O2. The van der Waals surface area contributed by atoms with Crippen LogP contribution in [-0.2, 0) is 0 Å². The van der Waals surface area contributed by atoms with Crippen LogP contribution in [0.25, 0.3) is 0 Å². The number of anilines is 2. The molecule has 88 valence electrons. The summed E-state index contributed by atoms with van der Waals surface area (Å²) in [5.74, 6) is 0.509. The number of nitrogens with two attached hydrogens (primary N) is 1. The summed E-state index contributed by atoms with van der Waals surface area (Å²) in [5, 5.41) is 2.80. The Balaban J connectivity index is 2.21. The summed E-state index contributed by atoms with van der Waals surface area (Å²) in [7, 11) is 0. The number of nitrogen functional groups attached to an aromatic ring is 1. The molecule has 0 saturated carbocycles. The molecule has 0 saturated heterocycles. The molecule has 4 nitrogen and oxygen atoms in total. The second-order valence-electron chi connectivity index (χ2n) is 3.92. The Labute approximate surface area is 99.4 Å². The molecule has 0 radical (unpaired) electrons. The molecule has 1 heterocycles. The Kier molecular flexibility index (Phi) is 2.87. The Hall–Kier alpha value is -2.23. The molecule has 4 heteroatoms. The van der Waals surface area contributed by atoms with Crippen molar-refractivity contribution in [3.63, 3.8) is 0 Å². The second-order valence-corrected chi connectivity index (χ2v) is 3.92. The number of nitrogens with one attached hydrogen (secondary N) is 1. The summed E-state index contributed by atoms with van der Waals surface area (Å²) in [4.78, 5) is 11.9. The molecule has 0 bridgehead atoms. The monoisotopic (exact) mass is 230 g/mol. The molecule has 0 atom stereocenters. The first-order chi connectivity index (χ1) is 8.08. The number of carbonyl (C=O) groups is 1. The molecule has 0 aliphatic heterocycles. The lowest BCUT2D eigenvalue weighted by Gasteiger charge is -2.08. The van der Waals surface area contributed by atoms with Gasteiger partial charge in [0.25, 0.3) is 5.91 Å². The molecule has 3 N–H and O–H groups in total. The Morgan fingerprint density at radius 3 is 2.76 bits per heavy atom. The van der Waals surface area contributed by atoms with Gasteiger partial charge in [-0.25, -0.2) is 0 Å². The largest absolute Gasteiger partial charge is 0.469 e. The normalized spacial score (nSPS) is 10.2. The zero-order valence-corrected chi connectivity index (χ0v) is 9.78. The Morgan fingerprint density at radius 1 is 1.35 bits per heavy atom. The number of benzene rings is 1. The van der Waals surface area contributed by atoms with E-state index >= 15 is 0 Å². The highest BCUT2D eigenvalue weighted by Gasteiger charge is 2.10. The van der Waals surface area contributed by atoms with Gasteiger partial charge in [-0.2, -0.15) is 0 Å². The van der Waals surface area contributed by atoms with Gasteiger partial charge in [-0.1, -0.05) is 6.07 Å². The van der Waals surface area contributed by atoms with Crippen molar-refractivity contribution < 1.29 is 9.21 Å². The molecule has 0 fully saturated rings. The molecule has 2 aromatic rings. The van der Waals surface area contributed by atoms with Crippen LogP contribution in [0.1, 0.15) is 21.7 Å². The van der Waals surface area contributed by atoms with Gasteiger partial charge >= 0.3 is 0 Å². The SMILES string of the molecule is Cc1cc(C(=O)Nc2cccc(N)c2C)co1. The summed E-state index contributed by atoms with van der Waals surface area (Å²) >= 11 is 0. The van der Waals surface area contributed by atoms with Crippen LogP contribution in [0.2, 0.25) is 0 Å². The van der Waals surface area contributed by atoms with Crippen molar-refractivity contribution in [3.8, 4) is 0 Å². The van der Waals surface area contributed by atoms with Crippen LogP contribution in [0.5, 0.6) is 0 Å². The van der Waals surface area contributed by atoms with Crippen molar-refractivity contribution >= 4 is 17.3 Å². The summed E-state index contributed by atoms with van der Waals surface area (Å²) in [6.07, 6.45) is 1.44. The minimum atomic E-state index is -0.199. The van der Waals surface area contributed by atoms with Crippen LogP contribution in [0, 0.1) is 13.8 Å². The van der Waals surface area contributed by atoms with Crippen molar-refractivity contribution in [1.29, 1.82) is 0 Å². The Morgan fingerprint density at radius 2 is 2.12 bits per heavy atom. The first-order valence-corrected chi connectivity index (χ1v) is 5.29. The van der Waals surface area contributed by atoms with Crippen molar-refractivity contribution in [1.82, 2.24) is 0 Å². The highest BCUT2D eigenvalue weighted by atomic mass is 16.3. The lowest BCUT2D eigenvalue weighted by molar-refractivity contribution is 0.102. The highest BCUT2D eigenvalue weighted by molar-refractivity contribution is 6.04. The van der Waals surface area contributed by atoms with E-state index in [1.54, 1.807) is 25.1 Å². The van der Waals surface area contributed by atoms with Gasteiger partial charge in [0.05, 0.1) is 5.56 Å². The van der Waals surface area contributed by atoms with E-state index in [4.69, 9.17) is 10.2 Å². The maximum absolute atomic E-state index is 11.9. The fraction of sp³-hybridized carbons (Fsp3) is 0.154. The Bertz CT molecular complexity index is 558. The molecule has 0 unspecified atom stereocenters. The van der Waals surface area contributed by atoms with Crippen molar-refractivity contribution in [2.24, 2.45) is 0 Å². The first kappa shape index (κ1) is 11.3. The topological polar surface area (TPSA) is 68.3 Å². The minimum absolute atomic E-state index is 0.199. The summed E-state index contributed by atoms with van der Waals surface area (Å²) in [5.41, 5.74) is 8.51. The van der Waals surface area contributed by atoms with Crippen LogP contribution < -0.4 is 11.1 Å². The predicted octanol–water partition coefficient (Wildman–Crippen LogP) is 2.73. The third kappa shape index (κ3) is 2.30. The van der Waals surface area contributed by atoms with E-state index in [1.807, 2.05) is 13.0 Å². The van der Waals surface area contributed by atoms with Crippen molar-refractivity contribution in [2.45, 2.75) is 13.8 Å². The average Bonchev–Trinajstić information content (AvgIpc) is 2.72. The molecule has 0 spiro atoms. The van der Waals surface area contributed by atoms with E-state index in [2.05, 4.69) is 5.32 Å². The van der Waals surface area contributed by atoms with Crippen LogP contribution in [0.4, 0.5) is 11.4 Å². The number of carbonyl (C=O) groups excluding carboxylic acids is 1. The number of furan rings is 1. The first-order valence-electron chi connectivity index (χ1n) is 5.29. The van der Waals surface area contributed by atoms with E-state index in [-0.39, 0.29) is 5.91 Å². The summed E-state index contributed by atoms with van der Waals surface area (Å²) in [6.45, 7) is 3.66. The minimum Gasteiger partial charge on any atom is -0.469 e. The predicted molar refractivity (Wildman–Crippen MR) is 67.0 cm³/mol. The molecule has 17 heavy (non-hydrogen) atoms. The quantitative estimate of drug-likeness (QED) is 0.779. The third-order valence-corrected chi connectivity index (χ3v) is 2.62. The molecule has 1 amide bonds. The van der Waals surface area contributed by atoms with Gasteiger partial charge in [0.2, 0.25) is 0 Å². The molecular weight excluding hydrogens is 216 g/mol. The maximum atomic E-state index is 11.9. The maximum Gasteiger partial charge on any atom is 0.258 e. The smallest absolute Gasteiger partial charge is 0.258 e. The van der Waals surface area contributed by atoms with Crippen LogP contribution in [0.3, 0.4) is 0 Å². The highest BCUT2D eigenvalue weighted by Crippen LogP contribution is 2.21. The van der Waals surface area contributed by atoms with Crippen LogP contribution in [-0.4, -0.2) is 5.91 Å². The number of aryl methyl sites for hydroxylation is 1. The molecule has 2 rings (SSSR count). The van der Waals surface area contributed by atoms with Gasteiger partial charge < -0.3 is 15.5 Å². The second kappa shape index (κ2) is 4.33. The summed E-state index contributed by atoms with van der Waals surface area (Å²) in [6, 6.07) is 7.11. The molecule has 1 aromatic carbocycles. The van der Waals surface area contributed by atoms with Crippen LogP contribution in [0.15, 0.2) is 34.9 Å². The van der Waals surface area contributed by atoms with E-state index in [0.717, 1.165) is 5.56 Å². The van der Waals surface area contributed by atoms with Gasteiger partial charge in [0, 0.05) is 11.4 Å². The van der Waals surface area contributed by atoms with Crippen molar-refractivity contribution in [2.75, 3.05) is 11.1 Å². The lowest BCUT2D eigenvalue weighted by Crippen LogP contribution is -2.12. The number of hydrogen-bond donors (Lipinski definition) is 2. The van der Waals surface area contributed by atoms with Crippen molar-refractivity contribution in [3.05, 3.63) is 47.4 Å². The zero-order valence-electron chi connectivity index (χ0n) is 9.78. The molecule has 0 aliphatic rings. The van der Waals surface area contributed by atoms with Gasteiger partial charge in [-0.05, 0) is 37.6 Å². The van der Waals surface area contributed by atoms with Gasteiger partial charge in [0.15, 0.2) is 0 Å². The standard InChI is InChI=1S/C13H14N2O2/c1-8-6-10(7-17-8)13(16)15-12-5-3-4-11(14)9(12)2/h3-7H,14H2,1-2H3,(H,15,16). The van der Waals surface area contributed by atoms with E-state index < -0.39 is 0 Å². The average molecular weight is 230 g/mol. The number of rotatable bonds is 2. The van der Waals surface area contributed by atoms with Gasteiger partial charge in [-0.15, -0.1) is 0 Å². The fourth-order valence-electron chi connectivity index (χ4n) is 1.55. The van der Waals surface area contributed by atoms with E-state index in [1.165, 1.54) is 6.26 Å². The van der Waals surface area contributed by atoms with E-state index in [9.17, 15) is 4.79 Å². The van der Waals surface area contributed by atoms with Gasteiger partial charge in [0.1, 0.15) is 12.0 Å². The third-order valence-electron chi connectivity index (χ3n) is 2.62. The van der Waals surface area contributed by atoms with E-state index in [0.29, 0.717) is 22.7 Å². The van der Waals surface area contributed by atoms with Crippen LogP contribution >= 0.6 is 0 Å².